The van der Waals surface area contributed by atoms with Crippen molar-refractivity contribution in [2.45, 2.75) is 19.9 Å². The van der Waals surface area contributed by atoms with Gasteiger partial charge in [-0.05, 0) is 19.0 Å². The number of benzene rings is 1. The maximum atomic E-state index is 13.4. The summed E-state index contributed by atoms with van der Waals surface area (Å²) in [6.45, 7) is 2.73. The number of alkyl halides is 1. The Bertz CT molecular complexity index is 318. The quantitative estimate of drug-likeness (QED) is 0.726. The first kappa shape index (κ1) is 12.9. The molecule has 0 atom stereocenters. The summed E-state index contributed by atoms with van der Waals surface area (Å²) < 4.78 is 30.5. The third-order valence-corrected chi connectivity index (χ3v) is 2.11. The number of hydrogen-bond donors (Lipinski definition) is 1. The van der Waals surface area contributed by atoms with E-state index in [1.165, 1.54) is 6.07 Å². The van der Waals surface area contributed by atoms with Gasteiger partial charge in [-0.2, -0.15) is 0 Å². The van der Waals surface area contributed by atoms with E-state index in [1.54, 1.807) is 12.1 Å². The Hall–Kier alpha value is -1.16. The molecule has 0 aliphatic heterocycles. The second-order valence-electron chi connectivity index (χ2n) is 3.44. The highest BCUT2D eigenvalue weighted by molar-refractivity contribution is 5.34. The zero-order chi connectivity index (χ0) is 11.8. The Morgan fingerprint density at radius 2 is 2.19 bits per heavy atom. The molecule has 0 heterocycles. The minimum absolute atomic E-state index is 0.109. The third kappa shape index (κ3) is 3.77. The van der Waals surface area contributed by atoms with E-state index in [4.69, 9.17) is 4.74 Å². The summed E-state index contributed by atoms with van der Waals surface area (Å²) in [5.41, 5.74) is 0.724. The Kier molecular flexibility index (Phi) is 5.78. The maximum absolute atomic E-state index is 13.4. The highest BCUT2D eigenvalue weighted by atomic mass is 19.1. The number of ether oxygens (including phenoxy) is 1. The molecule has 0 fully saturated rings. The van der Waals surface area contributed by atoms with Crippen molar-refractivity contribution >= 4 is 0 Å². The van der Waals surface area contributed by atoms with Crippen LogP contribution in [0, 0.1) is 5.82 Å². The zero-order valence-corrected chi connectivity index (χ0v) is 9.43. The summed E-state index contributed by atoms with van der Waals surface area (Å²) in [6, 6.07) is 4.72. The van der Waals surface area contributed by atoms with Crippen molar-refractivity contribution in [3.05, 3.63) is 29.6 Å². The van der Waals surface area contributed by atoms with Crippen LogP contribution in [0.3, 0.4) is 0 Å². The lowest BCUT2D eigenvalue weighted by Gasteiger charge is -2.11. The molecule has 90 valence electrons. The predicted octanol–water partition coefficient (Wildman–Crippen LogP) is 2.67. The summed E-state index contributed by atoms with van der Waals surface area (Å²) >= 11 is 0. The van der Waals surface area contributed by atoms with E-state index in [9.17, 15) is 8.78 Å². The molecule has 1 aromatic carbocycles. The number of para-hydroxylation sites is 1. The van der Waals surface area contributed by atoms with Crippen LogP contribution in [0.5, 0.6) is 5.75 Å². The molecule has 0 saturated carbocycles. The van der Waals surface area contributed by atoms with E-state index in [-0.39, 0.29) is 12.4 Å². The molecular weight excluding hydrogens is 212 g/mol. The van der Waals surface area contributed by atoms with Crippen LogP contribution in [0.25, 0.3) is 0 Å². The molecule has 0 saturated heterocycles. The molecule has 1 rings (SSSR count). The minimum Gasteiger partial charge on any atom is -0.487 e. The zero-order valence-electron chi connectivity index (χ0n) is 9.43. The van der Waals surface area contributed by atoms with Gasteiger partial charge in [0.25, 0.3) is 0 Å². The van der Waals surface area contributed by atoms with Gasteiger partial charge < -0.3 is 10.1 Å². The van der Waals surface area contributed by atoms with Gasteiger partial charge in [0.15, 0.2) is 11.6 Å². The molecule has 2 nitrogen and oxygen atoms in total. The highest BCUT2D eigenvalue weighted by Crippen LogP contribution is 2.22. The fourth-order valence-corrected chi connectivity index (χ4v) is 1.39. The molecule has 0 aliphatic rings. The first-order valence-electron chi connectivity index (χ1n) is 5.46. The fraction of sp³-hybridized carbons (Fsp3) is 0.500. The number of halogens is 2. The lowest BCUT2D eigenvalue weighted by molar-refractivity contribution is 0.259. The van der Waals surface area contributed by atoms with Gasteiger partial charge >= 0.3 is 0 Å². The van der Waals surface area contributed by atoms with Crippen molar-refractivity contribution in [3.8, 4) is 5.75 Å². The van der Waals surface area contributed by atoms with Crippen molar-refractivity contribution in [1.29, 1.82) is 0 Å². The van der Waals surface area contributed by atoms with Crippen molar-refractivity contribution in [1.82, 2.24) is 5.32 Å². The molecule has 0 radical (unpaired) electrons. The van der Waals surface area contributed by atoms with Gasteiger partial charge in [-0.25, -0.2) is 8.78 Å². The second kappa shape index (κ2) is 7.17. The van der Waals surface area contributed by atoms with E-state index >= 15 is 0 Å². The van der Waals surface area contributed by atoms with Crippen LogP contribution >= 0.6 is 0 Å². The molecule has 0 aromatic heterocycles. The first-order valence-corrected chi connectivity index (χ1v) is 5.46. The molecule has 0 unspecified atom stereocenters. The van der Waals surface area contributed by atoms with Gasteiger partial charge in [0.05, 0.1) is 0 Å². The van der Waals surface area contributed by atoms with Crippen molar-refractivity contribution in [2.24, 2.45) is 0 Å². The Morgan fingerprint density at radius 1 is 1.38 bits per heavy atom. The molecule has 1 N–H and O–H groups in total. The average Bonchev–Trinajstić information content (AvgIpc) is 2.28. The molecule has 0 amide bonds. The average molecular weight is 229 g/mol. The van der Waals surface area contributed by atoms with Crippen LogP contribution < -0.4 is 10.1 Å². The van der Waals surface area contributed by atoms with Crippen LogP contribution in [0.15, 0.2) is 18.2 Å². The number of hydrogen-bond acceptors (Lipinski definition) is 2. The van der Waals surface area contributed by atoms with E-state index in [0.29, 0.717) is 6.54 Å². The summed E-state index contributed by atoms with van der Waals surface area (Å²) in [5, 5.41) is 3.15. The molecule has 0 aliphatic carbocycles. The lowest BCUT2D eigenvalue weighted by atomic mass is 10.2. The molecular formula is C12H17F2NO. The van der Waals surface area contributed by atoms with Gasteiger partial charge in [0.2, 0.25) is 0 Å². The van der Waals surface area contributed by atoms with E-state index in [2.05, 4.69) is 12.2 Å². The van der Waals surface area contributed by atoms with E-state index < -0.39 is 12.5 Å². The van der Waals surface area contributed by atoms with Crippen molar-refractivity contribution in [2.75, 3.05) is 19.8 Å². The largest absolute Gasteiger partial charge is 0.487 e. The van der Waals surface area contributed by atoms with Gasteiger partial charge in [0.1, 0.15) is 13.3 Å². The Balaban J connectivity index is 2.68. The Morgan fingerprint density at radius 3 is 2.88 bits per heavy atom. The van der Waals surface area contributed by atoms with Gasteiger partial charge in [-0.3, -0.25) is 0 Å². The fourth-order valence-electron chi connectivity index (χ4n) is 1.39. The van der Waals surface area contributed by atoms with Crippen LogP contribution in [-0.4, -0.2) is 19.8 Å². The SMILES string of the molecule is CCCNCc1cccc(F)c1OCCF. The van der Waals surface area contributed by atoms with Crippen LogP contribution in [-0.2, 0) is 6.54 Å². The minimum atomic E-state index is -0.615. The second-order valence-corrected chi connectivity index (χ2v) is 3.44. The van der Waals surface area contributed by atoms with Gasteiger partial charge in [-0.15, -0.1) is 0 Å². The van der Waals surface area contributed by atoms with Gasteiger partial charge in [-0.1, -0.05) is 19.1 Å². The molecule has 0 spiro atoms. The molecule has 1 aromatic rings. The molecule has 0 bridgehead atoms. The number of rotatable bonds is 7. The van der Waals surface area contributed by atoms with E-state index in [0.717, 1.165) is 18.5 Å². The van der Waals surface area contributed by atoms with Crippen LogP contribution in [0.4, 0.5) is 8.78 Å². The monoisotopic (exact) mass is 229 g/mol. The summed E-state index contributed by atoms with van der Waals surface area (Å²) in [6.07, 6.45) is 1.01. The normalized spacial score (nSPS) is 10.4. The standard InChI is InChI=1S/C12H17F2NO/c1-2-7-15-9-10-4-3-5-11(14)12(10)16-8-6-13/h3-5,15H,2,6-9H2,1H3. The van der Waals surface area contributed by atoms with Crippen molar-refractivity contribution < 1.29 is 13.5 Å². The summed E-state index contributed by atoms with van der Waals surface area (Å²) in [5.74, 6) is -0.284. The first-order chi connectivity index (χ1) is 7.79. The summed E-state index contributed by atoms with van der Waals surface area (Å²) in [4.78, 5) is 0. The smallest absolute Gasteiger partial charge is 0.165 e. The topological polar surface area (TPSA) is 21.3 Å². The summed E-state index contributed by atoms with van der Waals surface area (Å²) in [7, 11) is 0. The lowest BCUT2D eigenvalue weighted by Crippen LogP contribution is -2.15. The highest BCUT2D eigenvalue weighted by Gasteiger charge is 2.09. The molecule has 16 heavy (non-hydrogen) atoms. The van der Waals surface area contributed by atoms with Crippen LogP contribution in [0.2, 0.25) is 0 Å². The van der Waals surface area contributed by atoms with Crippen LogP contribution in [0.1, 0.15) is 18.9 Å². The molecule has 4 heteroatoms. The van der Waals surface area contributed by atoms with E-state index in [1.807, 2.05) is 0 Å². The third-order valence-electron chi connectivity index (χ3n) is 2.11. The van der Waals surface area contributed by atoms with Crippen molar-refractivity contribution in [3.63, 3.8) is 0 Å². The predicted molar refractivity (Wildman–Crippen MR) is 59.9 cm³/mol. The van der Waals surface area contributed by atoms with Gasteiger partial charge in [0, 0.05) is 12.1 Å². The Labute approximate surface area is 94.6 Å². The maximum Gasteiger partial charge on any atom is 0.165 e. The number of nitrogens with one attached hydrogen (secondary N) is 1.